The Kier molecular flexibility index (Phi) is 4.52. The predicted molar refractivity (Wildman–Crippen MR) is 111 cm³/mol. The standard InChI is InChI=1S/C24H24FN3O2/c1-3-17-8-10-21(26-16(17)2)27-14-12-24(13-15-27)23(29)28-20(9-11-22(28)30-24)18-6-4-5-7-19(18)25/h1,4-8,10,20,22H,9,11-15H2,2H3/t20-,22+/m0/s1. The second kappa shape index (κ2) is 7.10. The van der Waals surface area contributed by atoms with Crippen molar-refractivity contribution in [3.63, 3.8) is 0 Å². The van der Waals surface area contributed by atoms with Gasteiger partial charge in [-0.15, -0.1) is 6.42 Å². The van der Waals surface area contributed by atoms with Crippen LogP contribution in [0, 0.1) is 25.1 Å². The van der Waals surface area contributed by atoms with E-state index in [0.717, 1.165) is 29.9 Å². The maximum absolute atomic E-state index is 14.4. The molecule has 4 heterocycles. The SMILES string of the molecule is C#Cc1ccc(N2CCC3(CC2)O[C@@H]2CC[C@@H](c4ccccc4F)N2C3=O)nc1C. The summed E-state index contributed by atoms with van der Waals surface area (Å²) in [5.41, 5.74) is 1.40. The quantitative estimate of drug-likeness (QED) is 0.717. The number of piperidine rings is 1. The number of nitrogens with zero attached hydrogens (tertiary/aromatic N) is 3. The molecule has 0 unspecified atom stereocenters. The molecule has 5 nitrogen and oxygen atoms in total. The van der Waals surface area contributed by atoms with Crippen LogP contribution in [0.25, 0.3) is 0 Å². The summed E-state index contributed by atoms with van der Waals surface area (Å²) in [5, 5.41) is 0. The Hall–Kier alpha value is -2.91. The summed E-state index contributed by atoms with van der Waals surface area (Å²) in [7, 11) is 0. The molecule has 3 aliphatic heterocycles. The van der Waals surface area contributed by atoms with E-state index in [4.69, 9.17) is 11.2 Å². The number of terminal acetylenes is 1. The van der Waals surface area contributed by atoms with Gasteiger partial charge in [-0.2, -0.15) is 0 Å². The smallest absolute Gasteiger partial charge is 0.257 e. The summed E-state index contributed by atoms with van der Waals surface area (Å²) in [4.78, 5) is 22.1. The number of halogens is 1. The summed E-state index contributed by atoms with van der Waals surface area (Å²) >= 11 is 0. The van der Waals surface area contributed by atoms with Crippen LogP contribution in [-0.4, -0.2) is 40.7 Å². The van der Waals surface area contributed by atoms with Crippen LogP contribution in [0.4, 0.5) is 10.2 Å². The maximum Gasteiger partial charge on any atom is 0.257 e. The zero-order valence-electron chi connectivity index (χ0n) is 17.0. The van der Waals surface area contributed by atoms with E-state index in [1.165, 1.54) is 6.07 Å². The average molecular weight is 405 g/mol. The van der Waals surface area contributed by atoms with Gasteiger partial charge >= 0.3 is 0 Å². The van der Waals surface area contributed by atoms with Crippen molar-refractivity contribution in [1.29, 1.82) is 0 Å². The summed E-state index contributed by atoms with van der Waals surface area (Å²) in [6.07, 6.45) is 7.90. The van der Waals surface area contributed by atoms with Crippen LogP contribution in [0.2, 0.25) is 0 Å². The first kappa shape index (κ1) is 19.1. The molecule has 1 spiro atoms. The monoisotopic (exact) mass is 405 g/mol. The molecule has 3 aliphatic rings. The van der Waals surface area contributed by atoms with Gasteiger partial charge in [-0.25, -0.2) is 9.37 Å². The molecule has 1 aromatic carbocycles. The highest BCUT2D eigenvalue weighted by molar-refractivity contribution is 5.88. The van der Waals surface area contributed by atoms with Crippen LogP contribution in [0.15, 0.2) is 36.4 Å². The van der Waals surface area contributed by atoms with E-state index < -0.39 is 5.60 Å². The molecule has 6 heteroatoms. The average Bonchev–Trinajstić information content (AvgIpc) is 3.27. The minimum absolute atomic E-state index is 0.00437. The van der Waals surface area contributed by atoms with Crippen molar-refractivity contribution in [2.75, 3.05) is 18.0 Å². The fraction of sp³-hybridized carbons (Fsp3) is 0.417. The van der Waals surface area contributed by atoms with Crippen molar-refractivity contribution in [3.05, 3.63) is 59.0 Å². The largest absolute Gasteiger partial charge is 0.356 e. The maximum atomic E-state index is 14.4. The second-order valence-corrected chi connectivity index (χ2v) is 8.33. The van der Waals surface area contributed by atoms with E-state index in [0.29, 0.717) is 31.5 Å². The molecule has 3 saturated heterocycles. The van der Waals surface area contributed by atoms with Gasteiger partial charge in [0.2, 0.25) is 0 Å². The van der Waals surface area contributed by atoms with Crippen molar-refractivity contribution in [1.82, 2.24) is 9.88 Å². The Morgan fingerprint density at radius 2 is 1.97 bits per heavy atom. The first-order valence-electron chi connectivity index (χ1n) is 10.5. The topological polar surface area (TPSA) is 45.7 Å². The zero-order valence-corrected chi connectivity index (χ0v) is 17.0. The van der Waals surface area contributed by atoms with Crippen molar-refractivity contribution in [2.45, 2.75) is 50.5 Å². The number of hydrogen-bond donors (Lipinski definition) is 0. The highest BCUT2D eigenvalue weighted by Gasteiger charge is 2.58. The van der Waals surface area contributed by atoms with E-state index in [1.54, 1.807) is 17.0 Å². The number of hydrogen-bond acceptors (Lipinski definition) is 4. The van der Waals surface area contributed by atoms with Gasteiger partial charge in [0.1, 0.15) is 17.9 Å². The molecule has 0 bridgehead atoms. The number of aryl methyl sites for hydroxylation is 1. The van der Waals surface area contributed by atoms with Crippen LogP contribution < -0.4 is 4.90 Å². The van der Waals surface area contributed by atoms with E-state index in [-0.39, 0.29) is 24.0 Å². The molecular weight excluding hydrogens is 381 g/mol. The fourth-order valence-electron chi connectivity index (χ4n) is 5.07. The molecule has 5 rings (SSSR count). The van der Waals surface area contributed by atoms with Crippen LogP contribution in [-0.2, 0) is 9.53 Å². The zero-order chi connectivity index (χ0) is 20.9. The van der Waals surface area contributed by atoms with Gasteiger partial charge in [0, 0.05) is 37.1 Å². The first-order chi connectivity index (χ1) is 14.5. The number of amides is 1. The lowest BCUT2D eigenvalue weighted by atomic mass is 9.89. The molecular formula is C24H24FN3O2. The van der Waals surface area contributed by atoms with E-state index in [9.17, 15) is 9.18 Å². The highest BCUT2D eigenvalue weighted by atomic mass is 19.1. The molecule has 30 heavy (non-hydrogen) atoms. The third-order valence-corrected chi connectivity index (χ3v) is 6.70. The fourth-order valence-corrected chi connectivity index (χ4v) is 5.07. The number of ether oxygens (including phenoxy) is 1. The number of rotatable bonds is 2. The molecule has 2 aromatic rings. The third-order valence-electron chi connectivity index (χ3n) is 6.70. The van der Waals surface area contributed by atoms with Crippen LogP contribution in [0.5, 0.6) is 0 Å². The number of aromatic nitrogens is 1. The summed E-state index contributed by atoms with van der Waals surface area (Å²) < 4.78 is 20.7. The second-order valence-electron chi connectivity index (χ2n) is 8.33. The first-order valence-corrected chi connectivity index (χ1v) is 10.5. The van der Waals surface area contributed by atoms with Crippen LogP contribution in [0.1, 0.15) is 48.5 Å². The van der Waals surface area contributed by atoms with Gasteiger partial charge in [0.15, 0.2) is 5.60 Å². The molecule has 0 N–H and O–H groups in total. The molecule has 0 saturated carbocycles. The summed E-state index contributed by atoms with van der Waals surface area (Å²) in [5.74, 6) is 3.25. The van der Waals surface area contributed by atoms with Crippen molar-refractivity contribution < 1.29 is 13.9 Å². The van der Waals surface area contributed by atoms with Gasteiger partial charge in [-0.1, -0.05) is 24.1 Å². The van der Waals surface area contributed by atoms with Gasteiger partial charge in [0.25, 0.3) is 5.91 Å². The van der Waals surface area contributed by atoms with E-state index in [2.05, 4.69) is 15.8 Å². The number of benzene rings is 1. The number of carbonyl (C=O) groups is 1. The van der Waals surface area contributed by atoms with Crippen LogP contribution in [0.3, 0.4) is 0 Å². The Bertz CT molecular complexity index is 1040. The molecule has 2 atom stereocenters. The summed E-state index contributed by atoms with van der Waals surface area (Å²) in [6, 6.07) is 10.3. The third kappa shape index (κ3) is 2.88. The van der Waals surface area contributed by atoms with E-state index >= 15 is 0 Å². The van der Waals surface area contributed by atoms with Crippen LogP contribution >= 0.6 is 0 Å². The number of carbonyl (C=O) groups excluding carboxylic acids is 1. The normalized spacial score (nSPS) is 24.9. The van der Waals surface area contributed by atoms with Gasteiger partial charge in [-0.3, -0.25) is 4.79 Å². The lowest BCUT2D eigenvalue weighted by Crippen LogP contribution is -2.50. The van der Waals surface area contributed by atoms with Crippen molar-refractivity contribution >= 4 is 11.7 Å². The molecule has 3 fully saturated rings. The number of pyridine rings is 1. The Morgan fingerprint density at radius 3 is 2.67 bits per heavy atom. The molecule has 1 aromatic heterocycles. The Labute approximate surface area is 175 Å². The summed E-state index contributed by atoms with van der Waals surface area (Å²) in [6.45, 7) is 3.27. The molecule has 0 aliphatic carbocycles. The molecule has 1 amide bonds. The minimum Gasteiger partial charge on any atom is -0.356 e. The van der Waals surface area contributed by atoms with Crippen molar-refractivity contribution in [3.8, 4) is 12.3 Å². The van der Waals surface area contributed by atoms with E-state index in [1.807, 2.05) is 25.1 Å². The molecule has 154 valence electrons. The highest BCUT2D eigenvalue weighted by Crippen LogP contribution is 2.48. The van der Waals surface area contributed by atoms with Gasteiger partial charge in [-0.05, 0) is 38.0 Å². The van der Waals surface area contributed by atoms with Gasteiger partial charge in [0.05, 0.1) is 11.7 Å². The lowest BCUT2D eigenvalue weighted by molar-refractivity contribution is -0.140. The number of fused-ring (bicyclic) bond motifs is 1. The van der Waals surface area contributed by atoms with Crippen molar-refractivity contribution in [2.24, 2.45) is 0 Å². The Morgan fingerprint density at radius 1 is 1.20 bits per heavy atom. The molecule has 0 radical (unpaired) electrons. The lowest BCUT2D eigenvalue weighted by Gasteiger charge is -2.38. The van der Waals surface area contributed by atoms with Gasteiger partial charge < -0.3 is 14.5 Å². The predicted octanol–water partition coefficient (Wildman–Crippen LogP) is 3.57. The Balaban J connectivity index is 1.33. The number of anilines is 1. The minimum atomic E-state index is -0.807.